The van der Waals surface area contributed by atoms with E-state index in [1.807, 2.05) is 4.90 Å². The Balaban J connectivity index is 1.58. The molecule has 31 heavy (non-hydrogen) atoms. The fourth-order valence-electron chi connectivity index (χ4n) is 3.22. The van der Waals surface area contributed by atoms with Gasteiger partial charge in [0.2, 0.25) is 11.8 Å². The first-order valence-corrected chi connectivity index (χ1v) is 10.5. The SMILES string of the molecule is CCOC(=O)CCC(=O)N1CCCN(c2cc(Oc3ccc(F)c(Cl)c3)ncn2)CC1. The van der Waals surface area contributed by atoms with E-state index in [4.69, 9.17) is 21.1 Å². The van der Waals surface area contributed by atoms with Gasteiger partial charge in [0.1, 0.15) is 23.7 Å². The van der Waals surface area contributed by atoms with E-state index in [-0.39, 0.29) is 29.7 Å². The second-order valence-corrected chi connectivity index (χ2v) is 7.33. The molecule has 1 fully saturated rings. The van der Waals surface area contributed by atoms with E-state index >= 15 is 0 Å². The third kappa shape index (κ3) is 6.52. The maximum Gasteiger partial charge on any atom is 0.306 e. The first kappa shape index (κ1) is 22.7. The summed E-state index contributed by atoms with van der Waals surface area (Å²) in [5, 5.41) is -0.0352. The van der Waals surface area contributed by atoms with Crippen molar-refractivity contribution in [3.05, 3.63) is 41.4 Å². The fourth-order valence-corrected chi connectivity index (χ4v) is 3.39. The zero-order valence-corrected chi connectivity index (χ0v) is 18.0. The molecular formula is C21H24ClFN4O4. The number of esters is 1. The highest BCUT2D eigenvalue weighted by Gasteiger charge is 2.21. The van der Waals surface area contributed by atoms with Crippen molar-refractivity contribution in [1.29, 1.82) is 0 Å². The summed E-state index contributed by atoms with van der Waals surface area (Å²) in [6.45, 7) is 4.48. The van der Waals surface area contributed by atoms with Gasteiger partial charge in [-0.2, -0.15) is 0 Å². The summed E-state index contributed by atoms with van der Waals surface area (Å²) < 4.78 is 23.9. The van der Waals surface area contributed by atoms with Gasteiger partial charge in [-0.1, -0.05) is 11.6 Å². The number of carbonyl (C=O) groups is 2. The molecule has 0 N–H and O–H groups in total. The monoisotopic (exact) mass is 450 g/mol. The summed E-state index contributed by atoms with van der Waals surface area (Å²) in [5.41, 5.74) is 0. The number of benzene rings is 1. The standard InChI is InChI=1S/C21H24ClFN4O4/c1-2-30-21(29)7-6-20(28)27-9-3-8-26(10-11-27)18-13-19(25-14-24-18)31-15-4-5-17(23)16(22)12-15/h4-5,12-14H,2-3,6-11H2,1H3. The number of amides is 1. The molecule has 8 nitrogen and oxygen atoms in total. The summed E-state index contributed by atoms with van der Waals surface area (Å²) in [6.07, 6.45) is 2.39. The Morgan fingerprint density at radius 2 is 1.97 bits per heavy atom. The Hall–Kier alpha value is -2.94. The van der Waals surface area contributed by atoms with E-state index in [9.17, 15) is 14.0 Å². The molecule has 0 radical (unpaired) electrons. The van der Waals surface area contributed by atoms with E-state index in [1.54, 1.807) is 17.9 Å². The van der Waals surface area contributed by atoms with Crippen LogP contribution in [0.1, 0.15) is 26.2 Å². The molecule has 0 saturated carbocycles. The van der Waals surface area contributed by atoms with E-state index in [1.165, 1.54) is 24.5 Å². The van der Waals surface area contributed by atoms with Gasteiger partial charge in [-0.3, -0.25) is 9.59 Å². The van der Waals surface area contributed by atoms with Gasteiger partial charge in [0.25, 0.3) is 0 Å². The number of nitrogens with zero attached hydrogens (tertiary/aromatic N) is 4. The minimum atomic E-state index is -0.525. The largest absolute Gasteiger partial charge is 0.466 e. The zero-order valence-electron chi connectivity index (χ0n) is 17.2. The Bertz CT molecular complexity index is 930. The lowest BCUT2D eigenvalue weighted by molar-refractivity contribution is -0.145. The van der Waals surface area contributed by atoms with Crippen LogP contribution < -0.4 is 9.64 Å². The van der Waals surface area contributed by atoms with Crippen LogP contribution in [0, 0.1) is 5.82 Å². The van der Waals surface area contributed by atoms with Crippen molar-refractivity contribution >= 4 is 29.3 Å². The highest BCUT2D eigenvalue weighted by Crippen LogP contribution is 2.26. The van der Waals surface area contributed by atoms with Crippen molar-refractivity contribution in [1.82, 2.24) is 14.9 Å². The van der Waals surface area contributed by atoms with Crippen LogP contribution in [0.2, 0.25) is 5.02 Å². The predicted molar refractivity (Wildman–Crippen MR) is 113 cm³/mol. The first-order valence-electron chi connectivity index (χ1n) is 10.1. The molecule has 166 valence electrons. The molecule has 10 heteroatoms. The number of ether oxygens (including phenoxy) is 2. The van der Waals surface area contributed by atoms with Crippen LogP contribution in [0.25, 0.3) is 0 Å². The molecule has 1 aliphatic heterocycles. The highest BCUT2D eigenvalue weighted by atomic mass is 35.5. The molecule has 1 amide bonds. The topological polar surface area (TPSA) is 84.9 Å². The molecule has 3 rings (SSSR count). The van der Waals surface area contributed by atoms with E-state index in [2.05, 4.69) is 9.97 Å². The number of anilines is 1. The molecule has 2 heterocycles. The van der Waals surface area contributed by atoms with Crippen LogP contribution >= 0.6 is 11.6 Å². The Labute approximate surface area is 184 Å². The van der Waals surface area contributed by atoms with Crippen molar-refractivity contribution in [3.8, 4) is 11.6 Å². The Kier molecular flexibility index (Phi) is 8.00. The summed E-state index contributed by atoms with van der Waals surface area (Å²) in [6, 6.07) is 5.76. The van der Waals surface area contributed by atoms with Crippen LogP contribution in [-0.2, 0) is 14.3 Å². The third-order valence-electron chi connectivity index (χ3n) is 4.76. The maximum absolute atomic E-state index is 13.3. The van der Waals surface area contributed by atoms with Crippen molar-refractivity contribution in [2.75, 3.05) is 37.7 Å². The van der Waals surface area contributed by atoms with Gasteiger partial charge in [0, 0.05) is 44.7 Å². The third-order valence-corrected chi connectivity index (χ3v) is 5.05. The Morgan fingerprint density at radius 1 is 1.13 bits per heavy atom. The smallest absolute Gasteiger partial charge is 0.306 e. The van der Waals surface area contributed by atoms with Crippen LogP contribution in [0.15, 0.2) is 30.6 Å². The molecule has 0 bridgehead atoms. The van der Waals surface area contributed by atoms with Crippen molar-refractivity contribution < 1.29 is 23.5 Å². The number of hydrogen-bond donors (Lipinski definition) is 0. The summed E-state index contributed by atoms with van der Waals surface area (Å²) in [7, 11) is 0. The maximum atomic E-state index is 13.3. The average Bonchev–Trinajstić information content (AvgIpc) is 3.01. The number of aromatic nitrogens is 2. The molecule has 2 aromatic rings. The highest BCUT2D eigenvalue weighted by molar-refractivity contribution is 6.30. The lowest BCUT2D eigenvalue weighted by Gasteiger charge is -2.23. The minimum Gasteiger partial charge on any atom is -0.466 e. The Morgan fingerprint density at radius 3 is 2.74 bits per heavy atom. The van der Waals surface area contributed by atoms with Gasteiger partial charge in [-0.05, 0) is 25.5 Å². The second kappa shape index (κ2) is 10.9. The lowest BCUT2D eigenvalue weighted by atomic mass is 10.2. The molecule has 1 aromatic carbocycles. The molecule has 1 aromatic heterocycles. The van der Waals surface area contributed by atoms with Gasteiger partial charge in [-0.15, -0.1) is 0 Å². The van der Waals surface area contributed by atoms with Gasteiger partial charge < -0.3 is 19.3 Å². The van der Waals surface area contributed by atoms with Crippen LogP contribution in [-0.4, -0.2) is 59.5 Å². The first-order chi connectivity index (χ1) is 15.0. The second-order valence-electron chi connectivity index (χ2n) is 6.92. The number of hydrogen-bond acceptors (Lipinski definition) is 7. The minimum absolute atomic E-state index is 0.0352. The van der Waals surface area contributed by atoms with Crippen LogP contribution in [0.3, 0.4) is 0 Å². The van der Waals surface area contributed by atoms with Crippen molar-refractivity contribution in [2.24, 2.45) is 0 Å². The van der Waals surface area contributed by atoms with Crippen LogP contribution in [0.4, 0.5) is 10.2 Å². The van der Waals surface area contributed by atoms with E-state index < -0.39 is 5.82 Å². The molecule has 1 aliphatic rings. The summed E-state index contributed by atoms with van der Waals surface area (Å²) in [4.78, 5) is 36.1. The summed E-state index contributed by atoms with van der Waals surface area (Å²) >= 11 is 5.79. The molecule has 1 saturated heterocycles. The van der Waals surface area contributed by atoms with Crippen LogP contribution in [0.5, 0.6) is 11.6 Å². The lowest BCUT2D eigenvalue weighted by Crippen LogP contribution is -2.35. The number of rotatable bonds is 7. The van der Waals surface area contributed by atoms with Gasteiger partial charge in [0.15, 0.2) is 0 Å². The van der Waals surface area contributed by atoms with Gasteiger partial charge in [0.05, 0.1) is 18.1 Å². The van der Waals surface area contributed by atoms with Gasteiger partial charge in [-0.25, -0.2) is 14.4 Å². The average molecular weight is 451 g/mol. The van der Waals surface area contributed by atoms with Crippen molar-refractivity contribution in [2.45, 2.75) is 26.2 Å². The van der Waals surface area contributed by atoms with Crippen molar-refractivity contribution in [3.63, 3.8) is 0 Å². The predicted octanol–water partition coefficient (Wildman–Crippen LogP) is 3.44. The van der Waals surface area contributed by atoms with Gasteiger partial charge >= 0.3 is 5.97 Å². The quantitative estimate of drug-likeness (QED) is 0.597. The molecular weight excluding hydrogens is 427 g/mol. The summed E-state index contributed by atoms with van der Waals surface area (Å²) in [5.74, 6) is 0.394. The number of halogens is 2. The normalized spacial score (nSPS) is 14.2. The molecule has 0 aliphatic carbocycles. The molecule has 0 unspecified atom stereocenters. The van der Waals surface area contributed by atoms with E-state index in [0.29, 0.717) is 50.2 Å². The fraction of sp³-hybridized carbons (Fsp3) is 0.429. The number of carbonyl (C=O) groups excluding carboxylic acids is 2. The zero-order chi connectivity index (χ0) is 22.2. The molecule has 0 spiro atoms. The molecule has 0 atom stereocenters. The van der Waals surface area contributed by atoms with E-state index in [0.717, 1.165) is 6.42 Å².